The van der Waals surface area contributed by atoms with Crippen LogP contribution in [0.4, 0.5) is 0 Å². The van der Waals surface area contributed by atoms with Gasteiger partial charge in [0.15, 0.2) is 0 Å². The third-order valence-corrected chi connectivity index (χ3v) is 2.15. The van der Waals surface area contributed by atoms with Gasteiger partial charge in [-0.25, -0.2) is 4.79 Å². The van der Waals surface area contributed by atoms with Crippen LogP contribution in [0.2, 0.25) is 0 Å². The van der Waals surface area contributed by atoms with Gasteiger partial charge in [-0.1, -0.05) is 13.3 Å². The monoisotopic (exact) mass is 215 g/mol. The van der Waals surface area contributed by atoms with Crippen molar-refractivity contribution in [3.8, 4) is 0 Å². The zero-order chi connectivity index (χ0) is 11.4. The Labute approximate surface area is 86.8 Å². The molecule has 1 N–H and O–H groups in total. The van der Waals surface area contributed by atoms with Gasteiger partial charge in [0, 0.05) is 0 Å². The lowest BCUT2D eigenvalue weighted by atomic mass is 10.1. The number of nitrogens with zero attached hydrogens (tertiary/aromatic N) is 1. The van der Waals surface area contributed by atoms with Gasteiger partial charge in [-0.3, -0.25) is 14.5 Å². The fourth-order valence-corrected chi connectivity index (χ4v) is 1.49. The Morgan fingerprint density at radius 1 is 1.47 bits per heavy atom. The first-order valence-corrected chi connectivity index (χ1v) is 4.73. The van der Waals surface area contributed by atoms with Gasteiger partial charge in [-0.2, -0.15) is 0 Å². The second-order valence-corrected chi connectivity index (χ2v) is 3.29. The van der Waals surface area contributed by atoms with Gasteiger partial charge >= 0.3 is 5.97 Å². The number of hydrogen-bond acceptors (Lipinski definition) is 4. The molecule has 1 rings (SSSR count). The summed E-state index contributed by atoms with van der Waals surface area (Å²) in [4.78, 5) is 34.4. The average Bonchev–Trinajstić information content (AvgIpc) is 2.15. The van der Waals surface area contributed by atoms with E-state index < -0.39 is 23.8 Å². The molecule has 0 aromatic rings. The number of carbonyl (C=O) groups is 3. The highest BCUT2D eigenvalue weighted by atomic mass is 16.5. The average molecular weight is 215 g/mol. The molecule has 0 spiro atoms. The highest BCUT2D eigenvalue weighted by Gasteiger charge is 2.36. The highest BCUT2D eigenvalue weighted by Crippen LogP contribution is 2.12. The van der Waals surface area contributed by atoms with E-state index in [4.69, 9.17) is 9.84 Å². The van der Waals surface area contributed by atoms with Crippen molar-refractivity contribution in [2.45, 2.75) is 25.8 Å². The molecule has 0 aliphatic carbocycles. The van der Waals surface area contributed by atoms with E-state index in [0.29, 0.717) is 6.42 Å². The van der Waals surface area contributed by atoms with E-state index in [1.165, 1.54) is 0 Å². The van der Waals surface area contributed by atoms with Crippen LogP contribution in [-0.2, 0) is 19.1 Å². The standard InChI is InChI=1S/C9H13NO5/c1-2-3-6(9(13)14)10-7(11)4-15-5-8(10)12/h6H,2-5H2,1H3,(H,13,14). The maximum absolute atomic E-state index is 11.3. The Balaban J connectivity index is 2.83. The van der Waals surface area contributed by atoms with Crippen LogP contribution in [0.3, 0.4) is 0 Å². The van der Waals surface area contributed by atoms with E-state index in [1.54, 1.807) is 6.92 Å². The molecule has 1 saturated heterocycles. The summed E-state index contributed by atoms with van der Waals surface area (Å²) in [5.41, 5.74) is 0. The zero-order valence-corrected chi connectivity index (χ0v) is 8.43. The first-order valence-electron chi connectivity index (χ1n) is 4.73. The van der Waals surface area contributed by atoms with E-state index in [1.807, 2.05) is 0 Å². The van der Waals surface area contributed by atoms with Crippen molar-refractivity contribution < 1.29 is 24.2 Å². The fourth-order valence-electron chi connectivity index (χ4n) is 1.49. The van der Waals surface area contributed by atoms with Gasteiger partial charge in [0.25, 0.3) is 11.8 Å². The van der Waals surface area contributed by atoms with Crippen LogP contribution in [0.25, 0.3) is 0 Å². The zero-order valence-electron chi connectivity index (χ0n) is 8.43. The van der Waals surface area contributed by atoms with Crippen molar-refractivity contribution in [2.75, 3.05) is 13.2 Å². The minimum absolute atomic E-state index is 0.223. The molecule has 0 bridgehead atoms. The van der Waals surface area contributed by atoms with Crippen LogP contribution in [0.15, 0.2) is 0 Å². The molecule has 6 heteroatoms. The summed E-state index contributed by atoms with van der Waals surface area (Å²) in [6.07, 6.45) is 0.863. The quantitative estimate of drug-likeness (QED) is 0.646. The van der Waals surface area contributed by atoms with Gasteiger partial charge in [-0.05, 0) is 6.42 Å². The molecule has 0 radical (unpaired) electrons. The van der Waals surface area contributed by atoms with Crippen LogP contribution in [0.5, 0.6) is 0 Å². The van der Waals surface area contributed by atoms with Crippen LogP contribution in [0, 0.1) is 0 Å². The molecule has 0 aromatic carbocycles. The molecule has 1 atom stereocenters. The molecule has 0 saturated carbocycles. The van der Waals surface area contributed by atoms with Crippen LogP contribution >= 0.6 is 0 Å². The maximum atomic E-state index is 11.3. The van der Waals surface area contributed by atoms with Crippen molar-refractivity contribution >= 4 is 17.8 Å². The summed E-state index contributed by atoms with van der Waals surface area (Å²) >= 11 is 0. The number of ether oxygens (including phenoxy) is 1. The Kier molecular flexibility index (Phi) is 3.79. The second-order valence-electron chi connectivity index (χ2n) is 3.29. The van der Waals surface area contributed by atoms with Crippen molar-refractivity contribution in [3.63, 3.8) is 0 Å². The van der Waals surface area contributed by atoms with Crippen LogP contribution < -0.4 is 0 Å². The summed E-state index contributed by atoms with van der Waals surface area (Å²) in [6.45, 7) is 1.35. The number of carbonyl (C=O) groups excluding carboxylic acids is 2. The number of imide groups is 1. The van der Waals surface area contributed by atoms with E-state index >= 15 is 0 Å². The molecule has 1 aliphatic heterocycles. The van der Waals surface area contributed by atoms with Gasteiger partial charge < -0.3 is 9.84 Å². The lowest BCUT2D eigenvalue weighted by molar-refractivity contribution is -0.168. The Bertz CT molecular complexity index is 272. The highest BCUT2D eigenvalue weighted by molar-refractivity contribution is 6.01. The molecule has 15 heavy (non-hydrogen) atoms. The van der Waals surface area contributed by atoms with E-state index in [9.17, 15) is 14.4 Å². The number of amides is 2. The van der Waals surface area contributed by atoms with Crippen molar-refractivity contribution in [2.24, 2.45) is 0 Å². The molecular weight excluding hydrogens is 202 g/mol. The first kappa shape index (κ1) is 11.6. The van der Waals surface area contributed by atoms with Gasteiger partial charge in [0.05, 0.1) is 0 Å². The van der Waals surface area contributed by atoms with Crippen molar-refractivity contribution in [1.29, 1.82) is 0 Å². The lowest BCUT2D eigenvalue weighted by Gasteiger charge is -2.29. The predicted octanol–water partition coefficient (Wildman–Crippen LogP) is -0.375. The molecule has 2 amide bonds. The van der Waals surface area contributed by atoms with Crippen LogP contribution in [-0.4, -0.2) is 47.0 Å². The van der Waals surface area contributed by atoms with E-state index in [0.717, 1.165) is 4.90 Å². The molecule has 1 unspecified atom stereocenters. The number of carboxylic acids is 1. The van der Waals surface area contributed by atoms with E-state index in [-0.39, 0.29) is 19.6 Å². The SMILES string of the molecule is CCCC(C(=O)O)N1C(=O)COCC1=O. The van der Waals surface area contributed by atoms with Crippen molar-refractivity contribution in [3.05, 3.63) is 0 Å². The maximum Gasteiger partial charge on any atom is 0.326 e. The predicted molar refractivity (Wildman–Crippen MR) is 49.0 cm³/mol. The smallest absolute Gasteiger partial charge is 0.326 e. The van der Waals surface area contributed by atoms with E-state index in [2.05, 4.69) is 0 Å². The third-order valence-electron chi connectivity index (χ3n) is 2.15. The lowest BCUT2D eigenvalue weighted by Crippen LogP contribution is -2.54. The topological polar surface area (TPSA) is 83.9 Å². The molecule has 1 heterocycles. The summed E-state index contributed by atoms with van der Waals surface area (Å²) in [7, 11) is 0. The minimum atomic E-state index is -1.15. The Hall–Kier alpha value is -1.43. The van der Waals surface area contributed by atoms with Gasteiger partial charge in [0.1, 0.15) is 19.3 Å². The molecule has 6 nitrogen and oxygen atoms in total. The summed E-state index contributed by atoms with van der Waals surface area (Å²) in [6, 6.07) is -1.06. The molecular formula is C9H13NO5. The molecule has 0 aromatic heterocycles. The number of morpholine rings is 1. The Morgan fingerprint density at radius 3 is 2.40 bits per heavy atom. The Morgan fingerprint density at radius 2 is 2.00 bits per heavy atom. The molecule has 84 valence electrons. The number of rotatable bonds is 4. The molecule has 1 aliphatic rings. The first-order chi connectivity index (χ1) is 7.07. The largest absolute Gasteiger partial charge is 0.480 e. The molecule has 1 fully saturated rings. The number of carboxylic acid groups (broad SMARTS) is 1. The number of aliphatic carboxylic acids is 1. The normalized spacial score (nSPS) is 19.1. The third kappa shape index (κ3) is 2.53. The van der Waals surface area contributed by atoms with Crippen LogP contribution in [0.1, 0.15) is 19.8 Å². The fraction of sp³-hybridized carbons (Fsp3) is 0.667. The summed E-state index contributed by atoms with van der Waals surface area (Å²) in [5.74, 6) is -2.31. The number of hydrogen-bond donors (Lipinski definition) is 1. The van der Waals surface area contributed by atoms with Gasteiger partial charge in [0.2, 0.25) is 0 Å². The van der Waals surface area contributed by atoms with Gasteiger partial charge in [-0.15, -0.1) is 0 Å². The second kappa shape index (κ2) is 4.88. The van der Waals surface area contributed by atoms with Crippen molar-refractivity contribution in [1.82, 2.24) is 4.90 Å². The summed E-state index contributed by atoms with van der Waals surface area (Å²) in [5, 5.41) is 8.91. The minimum Gasteiger partial charge on any atom is -0.480 e. The summed E-state index contributed by atoms with van der Waals surface area (Å²) < 4.78 is 4.70.